The second-order valence-electron chi connectivity index (χ2n) is 4.89. The van der Waals surface area contributed by atoms with Crippen LogP contribution in [0.25, 0.3) is 0 Å². The molecule has 1 aliphatic heterocycles. The summed E-state index contributed by atoms with van der Waals surface area (Å²) in [5.41, 5.74) is 0. The van der Waals surface area contributed by atoms with Crippen molar-refractivity contribution in [3.63, 3.8) is 0 Å². The van der Waals surface area contributed by atoms with Crippen molar-refractivity contribution in [2.45, 2.75) is 30.8 Å². The van der Waals surface area contributed by atoms with Crippen LogP contribution < -0.4 is 10.0 Å². The Labute approximate surface area is 112 Å². The van der Waals surface area contributed by atoms with Crippen molar-refractivity contribution >= 4 is 10.0 Å². The van der Waals surface area contributed by atoms with E-state index in [1.54, 1.807) is 0 Å². The highest BCUT2D eigenvalue weighted by molar-refractivity contribution is 7.89. The normalized spacial score (nSPS) is 24.3. The maximum absolute atomic E-state index is 13.4. The van der Waals surface area contributed by atoms with Crippen molar-refractivity contribution in [2.75, 3.05) is 13.1 Å². The number of nitrogens with one attached hydrogen (secondary N) is 2. The molecule has 0 aromatic carbocycles. The van der Waals surface area contributed by atoms with Gasteiger partial charge < -0.3 is 5.32 Å². The first-order valence-electron chi connectivity index (χ1n) is 6.32. The van der Waals surface area contributed by atoms with Gasteiger partial charge in [0.05, 0.1) is 0 Å². The number of piperidine rings is 1. The maximum atomic E-state index is 13.4. The minimum atomic E-state index is -3.87. The lowest BCUT2D eigenvalue weighted by Gasteiger charge is -2.27. The van der Waals surface area contributed by atoms with E-state index in [9.17, 15) is 12.8 Å². The fourth-order valence-electron chi connectivity index (χ4n) is 2.10. The molecule has 7 heteroatoms. The molecule has 1 aliphatic rings. The molecule has 1 saturated heterocycles. The third-order valence-electron chi connectivity index (χ3n) is 3.30. The molecular weight excluding hydrogens is 269 g/mol. The monoisotopic (exact) mass is 287 g/mol. The Hall–Kier alpha value is -1.05. The average Bonchev–Trinajstić information content (AvgIpc) is 2.38. The van der Waals surface area contributed by atoms with Gasteiger partial charge in [0.2, 0.25) is 5.03 Å². The molecule has 106 valence electrons. The fourth-order valence-corrected chi connectivity index (χ4v) is 3.21. The molecule has 5 nitrogen and oxygen atoms in total. The van der Waals surface area contributed by atoms with Gasteiger partial charge in [0, 0.05) is 18.8 Å². The van der Waals surface area contributed by atoms with Crippen LogP contribution >= 0.6 is 0 Å². The number of pyridine rings is 1. The first-order chi connectivity index (χ1) is 8.99. The first-order valence-corrected chi connectivity index (χ1v) is 7.81. The molecule has 2 heterocycles. The first kappa shape index (κ1) is 14.4. The van der Waals surface area contributed by atoms with E-state index in [0.29, 0.717) is 12.6 Å². The van der Waals surface area contributed by atoms with Gasteiger partial charge in [-0.25, -0.2) is 22.5 Å². The van der Waals surface area contributed by atoms with E-state index >= 15 is 0 Å². The molecule has 2 N–H and O–H groups in total. The Kier molecular flexibility index (Phi) is 4.49. The number of hydrogen-bond acceptors (Lipinski definition) is 4. The summed E-state index contributed by atoms with van der Waals surface area (Å²) >= 11 is 0. The molecule has 0 spiro atoms. The third-order valence-corrected chi connectivity index (χ3v) is 4.66. The SMILES string of the molecule is CC1CCC(CNS(=O)(=O)c2ncccc2F)CN1. The summed E-state index contributed by atoms with van der Waals surface area (Å²) in [4.78, 5) is 3.58. The molecule has 0 radical (unpaired) electrons. The molecule has 1 aromatic heterocycles. The van der Waals surface area contributed by atoms with Crippen LogP contribution in [0, 0.1) is 11.7 Å². The van der Waals surface area contributed by atoms with E-state index in [1.807, 2.05) is 0 Å². The number of nitrogens with zero attached hydrogens (tertiary/aromatic N) is 1. The molecule has 19 heavy (non-hydrogen) atoms. The van der Waals surface area contributed by atoms with Crippen molar-refractivity contribution in [3.05, 3.63) is 24.1 Å². The van der Waals surface area contributed by atoms with Crippen LogP contribution in [0.15, 0.2) is 23.4 Å². The molecule has 2 atom stereocenters. The zero-order valence-electron chi connectivity index (χ0n) is 10.8. The second kappa shape index (κ2) is 5.94. The number of halogens is 1. The summed E-state index contributed by atoms with van der Waals surface area (Å²) in [5, 5.41) is 2.76. The van der Waals surface area contributed by atoms with Gasteiger partial charge in [0.1, 0.15) is 0 Å². The van der Waals surface area contributed by atoms with E-state index in [4.69, 9.17) is 0 Å². The molecular formula is C12H18FN3O2S. The number of sulfonamides is 1. The van der Waals surface area contributed by atoms with Gasteiger partial charge in [-0.1, -0.05) is 0 Å². The van der Waals surface area contributed by atoms with E-state index in [-0.39, 0.29) is 5.92 Å². The van der Waals surface area contributed by atoms with Gasteiger partial charge in [0.15, 0.2) is 5.82 Å². The lowest BCUT2D eigenvalue weighted by molar-refractivity contribution is 0.323. The largest absolute Gasteiger partial charge is 0.314 e. The zero-order valence-corrected chi connectivity index (χ0v) is 11.6. The summed E-state index contributed by atoms with van der Waals surface area (Å²) in [6.45, 7) is 3.18. The number of rotatable bonds is 4. The quantitative estimate of drug-likeness (QED) is 0.862. The number of hydrogen-bond donors (Lipinski definition) is 2. The summed E-state index contributed by atoms with van der Waals surface area (Å²) in [6, 6.07) is 2.92. The molecule has 0 saturated carbocycles. The predicted octanol–water partition coefficient (Wildman–Crippen LogP) is 0.887. The van der Waals surface area contributed by atoms with Crippen molar-refractivity contribution in [2.24, 2.45) is 5.92 Å². The molecule has 1 fully saturated rings. The van der Waals surface area contributed by atoms with Crippen LogP contribution in [-0.2, 0) is 10.0 Å². The predicted molar refractivity (Wildman–Crippen MR) is 69.6 cm³/mol. The molecule has 0 amide bonds. The second-order valence-corrected chi connectivity index (χ2v) is 6.58. The lowest BCUT2D eigenvalue weighted by Crippen LogP contribution is -2.42. The smallest absolute Gasteiger partial charge is 0.261 e. The number of aromatic nitrogens is 1. The summed E-state index contributed by atoms with van der Waals surface area (Å²) in [6.07, 6.45) is 3.24. The zero-order chi connectivity index (χ0) is 13.9. The minimum absolute atomic E-state index is 0.234. The van der Waals surface area contributed by atoms with Crippen molar-refractivity contribution in [1.29, 1.82) is 0 Å². The Balaban J connectivity index is 1.97. The molecule has 0 bridgehead atoms. The van der Waals surface area contributed by atoms with Crippen molar-refractivity contribution < 1.29 is 12.8 Å². The van der Waals surface area contributed by atoms with E-state index in [0.717, 1.165) is 25.5 Å². The average molecular weight is 287 g/mol. The van der Waals surface area contributed by atoms with Gasteiger partial charge in [-0.3, -0.25) is 0 Å². The van der Waals surface area contributed by atoms with E-state index in [1.165, 1.54) is 12.3 Å². The standard InChI is InChI=1S/C12H18FN3O2S/c1-9-4-5-10(7-15-9)8-16-19(17,18)12-11(13)3-2-6-14-12/h2-3,6,9-10,15-16H,4-5,7-8H2,1H3. The van der Waals surface area contributed by atoms with Gasteiger partial charge in [-0.15, -0.1) is 0 Å². The molecule has 2 unspecified atom stereocenters. The van der Waals surface area contributed by atoms with Gasteiger partial charge >= 0.3 is 0 Å². The Morgan fingerprint density at radius 2 is 2.32 bits per heavy atom. The van der Waals surface area contributed by atoms with Gasteiger partial charge in [-0.2, -0.15) is 0 Å². The highest BCUT2D eigenvalue weighted by Crippen LogP contribution is 2.15. The lowest BCUT2D eigenvalue weighted by atomic mass is 9.96. The van der Waals surface area contributed by atoms with Gasteiger partial charge in [0.25, 0.3) is 10.0 Å². The molecule has 1 aromatic rings. The fraction of sp³-hybridized carbons (Fsp3) is 0.583. The Bertz CT molecular complexity index is 528. The highest BCUT2D eigenvalue weighted by atomic mass is 32.2. The Morgan fingerprint density at radius 3 is 2.95 bits per heavy atom. The van der Waals surface area contributed by atoms with Crippen LogP contribution in [0.1, 0.15) is 19.8 Å². The van der Waals surface area contributed by atoms with Gasteiger partial charge in [-0.05, 0) is 44.4 Å². The van der Waals surface area contributed by atoms with E-state index < -0.39 is 20.9 Å². The third kappa shape index (κ3) is 3.71. The maximum Gasteiger partial charge on any atom is 0.261 e. The minimum Gasteiger partial charge on any atom is -0.314 e. The summed E-state index contributed by atoms with van der Waals surface area (Å²) in [5.74, 6) is -0.594. The van der Waals surface area contributed by atoms with Crippen molar-refractivity contribution in [3.8, 4) is 0 Å². The highest BCUT2D eigenvalue weighted by Gasteiger charge is 2.23. The van der Waals surface area contributed by atoms with Crippen LogP contribution in [0.4, 0.5) is 4.39 Å². The van der Waals surface area contributed by atoms with Crippen LogP contribution in [0.2, 0.25) is 0 Å². The van der Waals surface area contributed by atoms with Crippen LogP contribution in [0.5, 0.6) is 0 Å². The topological polar surface area (TPSA) is 71.1 Å². The molecule has 0 aliphatic carbocycles. The Morgan fingerprint density at radius 1 is 1.53 bits per heavy atom. The molecule has 2 rings (SSSR count). The summed E-state index contributed by atoms with van der Waals surface area (Å²) < 4.78 is 39.7. The van der Waals surface area contributed by atoms with Crippen LogP contribution in [-0.4, -0.2) is 32.5 Å². The van der Waals surface area contributed by atoms with Crippen molar-refractivity contribution in [1.82, 2.24) is 15.0 Å². The summed E-state index contributed by atoms with van der Waals surface area (Å²) in [7, 11) is -3.87. The van der Waals surface area contributed by atoms with E-state index in [2.05, 4.69) is 21.9 Å². The van der Waals surface area contributed by atoms with Crippen LogP contribution in [0.3, 0.4) is 0 Å².